The Labute approximate surface area is 116 Å². The molecular formula is C16H25NS. The summed E-state index contributed by atoms with van der Waals surface area (Å²) in [6.07, 6.45) is 8.92. The number of hydrogen-bond donors (Lipinski definition) is 1. The Kier molecular flexibility index (Phi) is 5.58. The van der Waals surface area contributed by atoms with E-state index in [1.165, 1.54) is 36.8 Å². The summed E-state index contributed by atoms with van der Waals surface area (Å²) in [5.41, 5.74) is 2.96. The molecule has 1 N–H and O–H groups in total. The maximum atomic E-state index is 3.79. The van der Waals surface area contributed by atoms with Crippen LogP contribution in [0.25, 0.3) is 0 Å². The molecule has 0 radical (unpaired) electrons. The molecule has 1 aromatic carbocycles. The fraction of sp³-hybridized carbons (Fsp3) is 0.625. The van der Waals surface area contributed by atoms with Gasteiger partial charge in [0.15, 0.2) is 0 Å². The molecule has 1 saturated carbocycles. The molecule has 100 valence electrons. The molecule has 1 aliphatic rings. The third kappa shape index (κ3) is 3.52. The lowest BCUT2D eigenvalue weighted by Gasteiger charge is -2.31. The zero-order chi connectivity index (χ0) is 12.8. The molecule has 1 aliphatic carbocycles. The van der Waals surface area contributed by atoms with Gasteiger partial charge in [-0.3, -0.25) is 0 Å². The van der Waals surface area contributed by atoms with E-state index < -0.39 is 0 Å². The zero-order valence-corrected chi connectivity index (χ0v) is 12.4. The van der Waals surface area contributed by atoms with E-state index in [2.05, 4.69) is 42.8 Å². The molecule has 18 heavy (non-hydrogen) atoms. The van der Waals surface area contributed by atoms with Crippen LogP contribution in [0, 0.1) is 0 Å². The Balaban J connectivity index is 1.93. The molecule has 0 bridgehead atoms. The second-order valence-corrected chi connectivity index (χ2v) is 6.25. The van der Waals surface area contributed by atoms with Gasteiger partial charge in [0.1, 0.15) is 0 Å². The molecule has 0 saturated heterocycles. The fourth-order valence-electron chi connectivity index (χ4n) is 2.93. The lowest BCUT2D eigenvalue weighted by molar-refractivity contribution is 0.383. The van der Waals surface area contributed by atoms with Crippen molar-refractivity contribution in [2.24, 2.45) is 0 Å². The molecule has 0 aromatic heterocycles. The second kappa shape index (κ2) is 7.20. The van der Waals surface area contributed by atoms with Crippen LogP contribution in [0.4, 0.5) is 0 Å². The molecule has 2 atom stereocenters. The average molecular weight is 263 g/mol. The fourth-order valence-corrected chi connectivity index (χ4v) is 3.89. The van der Waals surface area contributed by atoms with Gasteiger partial charge in [-0.25, -0.2) is 0 Å². The first kappa shape index (κ1) is 14.0. The Hall–Kier alpha value is -0.470. The van der Waals surface area contributed by atoms with E-state index in [-0.39, 0.29) is 0 Å². The van der Waals surface area contributed by atoms with Gasteiger partial charge < -0.3 is 5.32 Å². The first-order valence-electron chi connectivity index (χ1n) is 7.18. The van der Waals surface area contributed by atoms with Gasteiger partial charge in [-0.1, -0.05) is 44.0 Å². The number of hydrogen-bond acceptors (Lipinski definition) is 2. The predicted molar refractivity (Wildman–Crippen MR) is 82.2 cm³/mol. The van der Waals surface area contributed by atoms with Crippen molar-refractivity contribution in [3.05, 3.63) is 35.4 Å². The van der Waals surface area contributed by atoms with Gasteiger partial charge in [0.05, 0.1) is 0 Å². The first-order chi connectivity index (χ1) is 8.85. The van der Waals surface area contributed by atoms with Crippen LogP contribution in [0.1, 0.15) is 43.7 Å². The van der Waals surface area contributed by atoms with Crippen LogP contribution >= 0.6 is 11.8 Å². The first-order valence-corrected chi connectivity index (χ1v) is 8.47. The second-order valence-electron chi connectivity index (χ2n) is 5.17. The highest BCUT2D eigenvalue weighted by molar-refractivity contribution is 7.99. The summed E-state index contributed by atoms with van der Waals surface area (Å²) in [4.78, 5) is 0. The molecule has 2 rings (SSSR count). The lowest BCUT2D eigenvalue weighted by Crippen LogP contribution is -2.40. The number of aryl methyl sites for hydroxylation is 1. The Morgan fingerprint density at radius 1 is 1.17 bits per heavy atom. The highest BCUT2D eigenvalue weighted by Crippen LogP contribution is 2.27. The SMILES string of the molecule is CCc1ccccc1CNC1CCCCC1SC. The maximum Gasteiger partial charge on any atom is 0.0211 e. The summed E-state index contributed by atoms with van der Waals surface area (Å²) < 4.78 is 0. The van der Waals surface area contributed by atoms with Gasteiger partial charge in [0, 0.05) is 17.8 Å². The Morgan fingerprint density at radius 3 is 2.61 bits per heavy atom. The zero-order valence-electron chi connectivity index (χ0n) is 11.6. The molecule has 1 nitrogen and oxygen atoms in total. The molecule has 0 amide bonds. The highest BCUT2D eigenvalue weighted by atomic mass is 32.2. The summed E-state index contributed by atoms with van der Waals surface area (Å²) in [5, 5.41) is 4.61. The van der Waals surface area contributed by atoms with Gasteiger partial charge in [-0.2, -0.15) is 11.8 Å². The van der Waals surface area contributed by atoms with Crippen molar-refractivity contribution >= 4 is 11.8 Å². The largest absolute Gasteiger partial charge is 0.309 e. The van der Waals surface area contributed by atoms with E-state index >= 15 is 0 Å². The number of nitrogens with one attached hydrogen (secondary N) is 1. The monoisotopic (exact) mass is 263 g/mol. The van der Waals surface area contributed by atoms with Crippen LogP contribution in [0.3, 0.4) is 0 Å². The molecule has 1 aromatic rings. The summed E-state index contributed by atoms with van der Waals surface area (Å²) in [7, 11) is 0. The minimum Gasteiger partial charge on any atom is -0.309 e. The predicted octanol–water partition coefficient (Wildman–Crippen LogP) is 4.01. The number of rotatable bonds is 5. The van der Waals surface area contributed by atoms with E-state index in [9.17, 15) is 0 Å². The average Bonchev–Trinajstić information content (AvgIpc) is 2.45. The summed E-state index contributed by atoms with van der Waals surface area (Å²) in [6.45, 7) is 3.27. The van der Waals surface area contributed by atoms with Crippen LogP contribution in [-0.4, -0.2) is 17.5 Å². The van der Waals surface area contributed by atoms with E-state index in [0.717, 1.165) is 18.2 Å². The van der Waals surface area contributed by atoms with Crippen LogP contribution < -0.4 is 5.32 Å². The van der Waals surface area contributed by atoms with Gasteiger partial charge in [-0.05, 0) is 36.6 Å². The minimum atomic E-state index is 0.707. The van der Waals surface area contributed by atoms with Gasteiger partial charge in [0.2, 0.25) is 0 Å². The molecule has 0 aliphatic heterocycles. The standard InChI is InChI=1S/C16H25NS/c1-3-13-8-4-5-9-14(13)12-17-15-10-6-7-11-16(15)18-2/h4-5,8-9,15-17H,3,6-7,10-12H2,1-2H3. The maximum absolute atomic E-state index is 3.79. The smallest absolute Gasteiger partial charge is 0.0211 e. The minimum absolute atomic E-state index is 0.707. The van der Waals surface area contributed by atoms with Gasteiger partial charge >= 0.3 is 0 Å². The van der Waals surface area contributed by atoms with Gasteiger partial charge in [0.25, 0.3) is 0 Å². The van der Waals surface area contributed by atoms with Crippen molar-refractivity contribution in [2.45, 2.75) is 56.9 Å². The summed E-state index contributed by atoms with van der Waals surface area (Å²) in [6, 6.07) is 9.53. The molecular weight excluding hydrogens is 238 g/mol. The summed E-state index contributed by atoms with van der Waals surface area (Å²) in [5.74, 6) is 0. The molecule has 0 spiro atoms. The van der Waals surface area contributed by atoms with Crippen LogP contribution in [-0.2, 0) is 13.0 Å². The van der Waals surface area contributed by atoms with Crippen molar-refractivity contribution in [1.29, 1.82) is 0 Å². The number of thioether (sulfide) groups is 1. The van der Waals surface area contributed by atoms with E-state index in [1.54, 1.807) is 0 Å². The molecule has 2 unspecified atom stereocenters. The van der Waals surface area contributed by atoms with Crippen molar-refractivity contribution in [3.63, 3.8) is 0 Å². The van der Waals surface area contributed by atoms with Crippen LogP contribution in [0.15, 0.2) is 24.3 Å². The van der Waals surface area contributed by atoms with Gasteiger partial charge in [-0.15, -0.1) is 0 Å². The molecule has 1 fully saturated rings. The Bertz CT molecular complexity index is 364. The topological polar surface area (TPSA) is 12.0 Å². The van der Waals surface area contributed by atoms with Crippen molar-refractivity contribution in [1.82, 2.24) is 5.32 Å². The van der Waals surface area contributed by atoms with E-state index in [1.807, 2.05) is 11.8 Å². The molecule has 2 heteroatoms. The van der Waals surface area contributed by atoms with Crippen molar-refractivity contribution < 1.29 is 0 Å². The Morgan fingerprint density at radius 2 is 1.89 bits per heavy atom. The van der Waals surface area contributed by atoms with Crippen molar-refractivity contribution in [2.75, 3.05) is 6.26 Å². The highest BCUT2D eigenvalue weighted by Gasteiger charge is 2.23. The number of benzene rings is 1. The van der Waals surface area contributed by atoms with Crippen LogP contribution in [0.2, 0.25) is 0 Å². The molecule has 0 heterocycles. The third-order valence-corrected chi connectivity index (χ3v) is 5.23. The lowest BCUT2D eigenvalue weighted by atomic mass is 9.94. The summed E-state index contributed by atoms with van der Waals surface area (Å²) >= 11 is 2.04. The third-order valence-electron chi connectivity index (χ3n) is 4.06. The van der Waals surface area contributed by atoms with Crippen LogP contribution in [0.5, 0.6) is 0 Å². The normalized spacial score (nSPS) is 24.1. The van der Waals surface area contributed by atoms with E-state index in [0.29, 0.717) is 6.04 Å². The van der Waals surface area contributed by atoms with E-state index in [4.69, 9.17) is 0 Å². The van der Waals surface area contributed by atoms with Crippen molar-refractivity contribution in [3.8, 4) is 0 Å². The quantitative estimate of drug-likeness (QED) is 0.861.